The molecular weight excluding hydrogens is 246 g/mol. The molecule has 0 amide bonds. The summed E-state index contributed by atoms with van der Waals surface area (Å²) in [6.07, 6.45) is 0. The van der Waals surface area contributed by atoms with Gasteiger partial charge in [0.05, 0.1) is 6.61 Å². The van der Waals surface area contributed by atoms with Crippen molar-refractivity contribution >= 4 is 5.69 Å². The SMILES string of the molecule is CCOc1ccc(C(C)Nc2ccc(C)c(C)c2)cc1. The summed E-state index contributed by atoms with van der Waals surface area (Å²) in [6, 6.07) is 15.0. The molecule has 2 aromatic rings. The van der Waals surface area contributed by atoms with Crippen LogP contribution in [0.15, 0.2) is 42.5 Å². The molecule has 2 nitrogen and oxygen atoms in total. The van der Waals surface area contributed by atoms with Gasteiger partial charge in [0.2, 0.25) is 0 Å². The van der Waals surface area contributed by atoms with E-state index in [2.05, 4.69) is 56.4 Å². The highest BCUT2D eigenvalue weighted by Crippen LogP contribution is 2.23. The molecule has 2 heteroatoms. The highest BCUT2D eigenvalue weighted by molar-refractivity contribution is 5.49. The fourth-order valence-electron chi connectivity index (χ4n) is 2.18. The molecule has 2 rings (SSSR count). The third-order valence-corrected chi connectivity index (χ3v) is 3.58. The number of ether oxygens (including phenoxy) is 1. The molecule has 0 aliphatic carbocycles. The Hall–Kier alpha value is -1.96. The van der Waals surface area contributed by atoms with Gasteiger partial charge >= 0.3 is 0 Å². The van der Waals surface area contributed by atoms with Gasteiger partial charge in [0.25, 0.3) is 0 Å². The second-order valence-corrected chi connectivity index (χ2v) is 5.17. The summed E-state index contributed by atoms with van der Waals surface area (Å²) < 4.78 is 5.47. The molecule has 0 heterocycles. The fourth-order valence-corrected chi connectivity index (χ4v) is 2.18. The van der Waals surface area contributed by atoms with Gasteiger partial charge in [-0.3, -0.25) is 0 Å². The van der Waals surface area contributed by atoms with Crippen LogP contribution in [-0.2, 0) is 0 Å². The maximum Gasteiger partial charge on any atom is 0.119 e. The van der Waals surface area contributed by atoms with E-state index in [-0.39, 0.29) is 6.04 Å². The largest absolute Gasteiger partial charge is 0.494 e. The molecule has 1 unspecified atom stereocenters. The second-order valence-electron chi connectivity index (χ2n) is 5.17. The van der Waals surface area contributed by atoms with Gasteiger partial charge in [-0.05, 0) is 68.7 Å². The molecule has 1 N–H and O–H groups in total. The Morgan fingerprint density at radius 3 is 2.30 bits per heavy atom. The molecule has 0 aromatic heterocycles. The van der Waals surface area contributed by atoms with Crippen LogP contribution in [0.25, 0.3) is 0 Å². The van der Waals surface area contributed by atoms with Crippen LogP contribution >= 0.6 is 0 Å². The lowest BCUT2D eigenvalue weighted by molar-refractivity contribution is 0.340. The molecule has 106 valence electrons. The van der Waals surface area contributed by atoms with Crippen molar-refractivity contribution in [2.75, 3.05) is 11.9 Å². The van der Waals surface area contributed by atoms with E-state index in [9.17, 15) is 0 Å². The molecular formula is C18H23NO. The zero-order valence-corrected chi connectivity index (χ0v) is 12.7. The summed E-state index contributed by atoms with van der Waals surface area (Å²) in [5, 5.41) is 3.54. The van der Waals surface area contributed by atoms with Crippen molar-refractivity contribution in [1.29, 1.82) is 0 Å². The lowest BCUT2D eigenvalue weighted by Gasteiger charge is -2.17. The molecule has 0 bridgehead atoms. The van der Waals surface area contributed by atoms with Gasteiger partial charge in [-0.25, -0.2) is 0 Å². The van der Waals surface area contributed by atoms with Crippen LogP contribution in [0.4, 0.5) is 5.69 Å². The van der Waals surface area contributed by atoms with E-state index in [1.165, 1.54) is 16.7 Å². The van der Waals surface area contributed by atoms with Gasteiger partial charge in [0, 0.05) is 11.7 Å². The Kier molecular flexibility index (Phi) is 4.67. The predicted molar refractivity (Wildman–Crippen MR) is 85.6 cm³/mol. The lowest BCUT2D eigenvalue weighted by atomic mass is 10.1. The third kappa shape index (κ3) is 3.53. The molecule has 0 fully saturated rings. The zero-order chi connectivity index (χ0) is 14.5. The van der Waals surface area contributed by atoms with E-state index >= 15 is 0 Å². The van der Waals surface area contributed by atoms with Gasteiger partial charge in [0.1, 0.15) is 5.75 Å². The average Bonchev–Trinajstić information content (AvgIpc) is 2.44. The van der Waals surface area contributed by atoms with Crippen LogP contribution in [0.5, 0.6) is 5.75 Å². The van der Waals surface area contributed by atoms with Crippen LogP contribution in [0.2, 0.25) is 0 Å². The van der Waals surface area contributed by atoms with E-state index in [1.807, 2.05) is 19.1 Å². The maximum absolute atomic E-state index is 5.47. The number of rotatable bonds is 5. The Morgan fingerprint density at radius 1 is 1.00 bits per heavy atom. The first-order chi connectivity index (χ1) is 9.60. The normalized spacial score (nSPS) is 12.0. The molecule has 0 spiro atoms. The first-order valence-corrected chi connectivity index (χ1v) is 7.16. The summed E-state index contributed by atoms with van der Waals surface area (Å²) in [4.78, 5) is 0. The Balaban J connectivity index is 2.06. The fraction of sp³-hybridized carbons (Fsp3) is 0.333. The van der Waals surface area contributed by atoms with Crippen molar-refractivity contribution in [3.63, 3.8) is 0 Å². The lowest BCUT2D eigenvalue weighted by Crippen LogP contribution is -2.06. The minimum Gasteiger partial charge on any atom is -0.494 e. The van der Waals surface area contributed by atoms with E-state index in [4.69, 9.17) is 4.74 Å². The number of aryl methyl sites for hydroxylation is 2. The summed E-state index contributed by atoms with van der Waals surface area (Å²) in [7, 11) is 0. The highest BCUT2D eigenvalue weighted by atomic mass is 16.5. The zero-order valence-electron chi connectivity index (χ0n) is 12.7. The van der Waals surface area contributed by atoms with Crippen LogP contribution in [0.1, 0.15) is 36.6 Å². The number of nitrogens with one attached hydrogen (secondary N) is 1. The third-order valence-electron chi connectivity index (χ3n) is 3.58. The van der Waals surface area contributed by atoms with Crippen LogP contribution in [0.3, 0.4) is 0 Å². The van der Waals surface area contributed by atoms with E-state index in [0.717, 1.165) is 11.4 Å². The van der Waals surface area contributed by atoms with Crippen molar-refractivity contribution in [2.45, 2.75) is 33.7 Å². The first kappa shape index (κ1) is 14.4. The summed E-state index contributed by atoms with van der Waals surface area (Å²) in [5.74, 6) is 0.926. The Labute approximate surface area is 121 Å². The first-order valence-electron chi connectivity index (χ1n) is 7.16. The van der Waals surface area contributed by atoms with Gasteiger partial charge < -0.3 is 10.1 Å². The van der Waals surface area contributed by atoms with Crippen LogP contribution in [-0.4, -0.2) is 6.61 Å². The molecule has 0 aliphatic heterocycles. The molecule has 20 heavy (non-hydrogen) atoms. The van der Waals surface area contributed by atoms with E-state index < -0.39 is 0 Å². The monoisotopic (exact) mass is 269 g/mol. The minimum absolute atomic E-state index is 0.271. The topological polar surface area (TPSA) is 21.3 Å². The summed E-state index contributed by atoms with van der Waals surface area (Å²) in [5.41, 5.74) is 5.05. The maximum atomic E-state index is 5.47. The summed E-state index contributed by atoms with van der Waals surface area (Å²) >= 11 is 0. The smallest absolute Gasteiger partial charge is 0.119 e. The Morgan fingerprint density at radius 2 is 1.70 bits per heavy atom. The molecule has 0 aliphatic rings. The van der Waals surface area contributed by atoms with Crippen LogP contribution in [0, 0.1) is 13.8 Å². The van der Waals surface area contributed by atoms with Gasteiger partial charge in [0.15, 0.2) is 0 Å². The van der Waals surface area contributed by atoms with Gasteiger partial charge in [-0.1, -0.05) is 18.2 Å². The van der Waals surface area contributed by atoms with E-state index in [0.29, 0.717) is 6.61 Å². The quantitative estimate of drug-likeness (QED) is 0.835. The number of benzene rings is 2. The molecule has 1 atom stereocenters. The van der Waals surface area contributed by atoms with Crippen molar-refractivity contribution < 1.29 is 4.74 Å². The number of hydrogen-bond acceptors (Lipinski definition) is 2. The molecule has 0 radical (unpaired) electrons. The summed E-state index contributed by atoms with van der Waals surface area (Å²) in [6.45, 7) is 9.15. The van der Waals surface area contributed by atoms with Gasteiger partial charge in [-0.2, -0.15) is 0 Å². The minimum atomic E-state index is 0.271. The van der Waals surface area contributed by atoms with Crippen molar-refractivity contribution in [2.24, 2.45) is 0 Å². The van der Waals surface area contributed by atoms with Gasteiger partial charge in [-0.15, -0.1) is 0 Å². The second kappa shape index (κ2) is 6.47. The number of hydrogen-bond donors (Lipinski definition) is 1. The number of anilines is 1. The molecule has 0 saturated carbocycles. The van der Waals surface area contributed by atoms with Crippen molar-refractivity contribution in [1.82, 2.24) is 0 Å². The van der Waals surface area contributed by atoms with Crippen molar-refractivity contribution in [3.05, 3.63) is 59.2 Å². The highest BCUT2D eigenvalue weighted by Gasteiger charge is 2.06. The van der Waals surface area contributed by atoms with E-state index in [1.54, 1.807) is 0 Å². The molecule has 2 aromatic carbocycles. The standard InChI is InChI=1S/C18H23NO/c1-5-20-18-10-7-16(8-11-18)15(4)19-17-9-6-13(2)14(3)12-17/h6-12,15,19H,5H2,1-4H3. The average molecular weight is 269 g/mol. The predicted octanol–water partition coefficient (Wildman–Crippen LogP) is 4.88. The van der Waals surface area contributed by atoms with Crippen molar-refractivity contribution in [3.8, 4) is 5.75 Å². The Bertz CT molecular complexity index is 560. The van der Waals surface area contributed by atoms with Crippen LogP contribution < -0.4 is 10.1 Å². The molecule has 0 saturated heterocycles.